The van der Waals surface area contributed by atoms with E-state index >= 15 is 0 Å². The highest BCUT2D eigenvalue weighted by Crippen LogP contribution is 2.41. The molecule has 1 aromatic rings. The second-order valence-corrected chi connectivity index (χ2v) is 9.12. The summed E-state index contributed by atoms with van der Waals surface area (Å²) in [5.41, 5.74) is -0.0977. The average Bonchev–Trinajstić information content (AvgIpc) is 2.76. The molecule has 182 valence electrons. The summed E-state index contributed by atoms with van der Waals surface area (Å²) in [7, 11) is 6.01. The lowest BCUT2D eigenvalue weighted by atomic mass is 9.69. The van der Waals surface area contributed by atoms with Crippen molar-refractivity contribution in [2.45, 2.75) is 49.7 Å². The van der Waals surface area contributed by atoms with Crippen LogP contribution in [-0.4, -0.2) is 75.7 Å². The molecule has 0 amide bonds. The number of guanidine groups is 1. The number of rotatable bonds is 5. The Labute approximate surface area is 207 Å². The molecule has 1 saturated carbocycles. The summed E-state index contributed by atoms with van der Waals surface area (Å²) in [4.78, 5) is 9.04. The van der Waals surface area contributed by atoms with Crippen LogP contribution in [0.5, 0.6) is 0 Å². The van der Waals surface area contributed by atoms with E-state index in [0.717, 1.165) is 69.9 Å². The van der Waals surface area contributed by atoms with Crippen molar-refractivity contribution in [2.75, 3.05) is 53.9 Å². The number of halogens is 4. The van der Waals surface area contributed by atoms with Crippen molar-refractivity contribution in [1.82, 2.24) is 20.4 Å². The molecule has 2 N–H and O–H groups in total. The molecule has 1 aliphatic heterocycles. The van der Waals surface area contributed by atoms with Gasteiger partial charge in [0.05, 0.1) is 5.56 Å². The third kappa shape index (κ3) is 6.96. The van der Waals surface area contributed by atoms with E-state index < -0.39 is 11.7 Å². The molecule has 2 aliphatic rings. The summed E-state index contributed by atoms with van der Waals surface area (Å²) in [6.07, 6.45) is 0.639. The summed E-state index contributed by atoms with van der Waals surface area (Å²) in [5.74, 6) is 0.707. The van der Waals surface area contributed by atoms with Gasteiger partial charge in [-0.1, -0.05) is 37.5 Å². The van der Waals surface area contributed by atoms with Crippen molar-refractivity contribution < 1.29 is 13.2 Å². The predicted molar refractivity (Wildman–Crippen MR) is 135 cm³/mol. The number of piperazine rings is 1. The molecule has 3 rings (SSSR count). The van der Waals surface area contributed by atoms with Crippen LogP contribution in [0.15, 0.2) is 29.3 Å². The van der Waals surface area contributed by atoms with Crippen molar-refractivity contribution in [2.24, 2.45) is 4.99 Å². The minimum atomic E-state index is -4.32. The third-order valence-corrected chi connectivity index (χ3v) is 6.92. The Bertz CT molecular complexity index is 749. The zero-order chi connectivity index (χ0) is 22.5. The monoisotopic (exact) mass is 567 g/mol. The van der Waals surface area contributed by atoms with Gasteiger partial charge in [-0.2, -0.15) is 13.2 Å². The number of aliphatic imine (C=N–C) groups is 1. The standard InChI is InChI=1S/C23H36F3N5.HI/c1-27-21(28-15-20-16-30(2)12-13-31(20)3)29-17-22(10-5-4-6-11-22)18-8-7-9-19(14-18)23(24,25)26;/h7-9,14,20H,4-6,10-13,15-17H2,1-3H3,(H2,27,28,29);1H. The zero-order valence-corrected chi connectivity index (χ0v) is 21.7. The van der Waals surface area contributed by atoms with E-state index in [1.807, 2.05) is 6.07 Å². The van der Waals surface area contributed by atoms with E-state index in [-0.39, 0.29) is 29.4 Å². The lowest BCUT2D eigenvalue weighted by Crippen LogP contribution is -2.56. The molecule has 0 spiro atoms. The highest BCUT2D eigenvalue weighted by Gasteiger charge is 2.37. The fourth-order valence-corrected chi connectivity index (χ4v) is 4.83. The number of nitrogens with zero attached hydrogens (tertiary/aromatic N) is 3. The van der Waals surface area contributed by atoms with Crippen LogP contribution in [0.4, 0.5) is 13.2 Å². The molecular formula is C23H37F3IN5. The van der Waals surface area contributed by atoms with Gasteiger partial charge in [0, 0.05) is 51.2 Å². The first-order valence-electron chi connectivity index (χ1n) is 11.2. The highest BCUT2D eigenvalue weighted by molar-refractivity contribution is 14.0. The summed E-state index contributed by atoms with van der Waals surface area (Å²) < 4.78 is 39.9. The zero-order valence-electron chi connectivity index (χ0n) is 19.3. The smallest absolute Gasteiger partial charge is 0.356 e. The van der Waals surface area contributed by atoms with Gasteiger partial charge in [-0.15, -0.1) is 24.0 Å². The molecule has 0 radical (unpaired) electrons. The molecule has 9 heteroatoms. The molecule has 1 heterocycles. The van der Waals surface area contributed by atoms with Crippen LogP contribution in [0.25, 0.3) is 0 Å². The molecular weight excluding hydrogens is 530 g/mol. The largest absolute Gasteiger partial charge is 0.416 e. The first kappa shape index (κ1) is 27.2. The van der Waals surface area contributed by atoms with Gasteiger partial charge in [-0.3, -0.25) is 9.89 Å². The van der Waals surface area contributed by atoms with Crippen LogP contribution in [0.2, 0.25) is 0 Å². The highest BCUT2D eigenvalue weighted by atomic mass is 127. The molecule has 1 atom stereocenters. The number of likely N-dealkylation sites (N-methyl/N-ethyl adjacent to an activating group) is 2. The second kappa shape index (κ2) is 11.9. The van der Waals surface area contributed by atoms with E-state index in [9.17, 15) is 13.2 Å². The van der Waals surface area contributed by atoms with Crippen molar-refractivity contribution in [3.63, 3.8) is 0 Å². The lowest BCUT2D eigenvalue weighted by molar-refractivity contribution is -0.137. The van der Waals surface area contributed by atoms with Crippen molar-refractivity contribution in [1.29, 1.82) is 0 Å². The van der Waals surface area contributed by atoms with Crippen LogP contribution >= 0.6 is 24.0 Å². The van der Waals surface area contributed by atoms with Crippen LogP contribution < -0.4 is 10.6 Å². The fraction of sp³-hybridized carbons (Fsp3) is 0.696. The van der Waals surface area contributed by atoms with Crippen molar-refractivity contribution in [3.8, 4) is 0 Å². The van der Waals surface area contributed by atoms with E-state index in [1.165, 1.54) is 12.1 Å². The van der Waals surface area contributed by atoms with Crippen LogP contribution in [0, 0.1) is 0 Å². The van der Waals surface area contributed by atoms with E-state index in [4.69, 9.17) is 0 Å². The molecule has 1 aromatic carbocycles. The summed E-state index contributed by atoms with van der Waals surface area (Å²) in [5, 5.41) is 6.85. The number of benzene rings is 1. The molecule has 2 fully saturated rings. The molecule has 5 nitrogen and oxygen atoms in total. The molecule has 1 aliphatic carbocycles. The third-order valence-electron chi connectivity index (χ3n) is 6.92. The maximum absolute atomic E-state index is 13.3. The van der Waals surface area contributed by atoms with Gasteiger partial charge in [0.25, 0.3) is 0 Å². The number of hydrogen-bond donors (Lipinski definition) is 2. The molecule has 0 aromatic heterocycles. The van der Waals surface area contributed by atoms with Crippen LogP contribution in [0.3, 0.4) is 0 Å². The van der Waals surface area contributed by atoms with E-state index in [0.29, 0.717) is 18.5 Å². The Kier molecular flexibility index (Phi) is 10.1. The Morgan fingerprint density at radius 3 is 2.50 bits per heavy atom. The minimum Gasteiger partial charge on any atom is -0.356 e. The lowest BCUT2D eigenvalue weighted by Gasteiger charge is -2.39. The van der Waals surface area contributed by atoms with Crippen molar-refractivity contribution >= 4 is 29.9 Å². The minimum absolute atomic E-state index is 0. The van der Waals surface area contributed by atoms with Gasteiger partial charge in [-0.05, 0) is 38.6 Å². The SMILES string of the molecule is CN=C(NCC1CN(C)CCN1C)NCC1(c2cccc(C(F)(F)F)c2)CCCCC1.I. The van der Waals surface area contributed by atoms with Gasteiger partial charge >= 0.3 is 6.18 Å². The Morgan fingerprint density at radius 2 is 1.84 bits per heavy atom. The quantitative estimate of drug-likeness (QED) is 0.322. The van der Waals surface area contributed by atoms with Crippen LogP contribution in [-0.2, 0) is 11.6 Å². The molecule has 1 saturated heterocycles. The Hall–Kier alpha value is -1.07. The summed E-state index contributed by atoms with van der Waals surface area (Å²) in [6.45, 7) is 4.45. The van der Waals surface area contributed by atoms with Gasteiger partial charge < -0.3 is 15.5 Å². The molecule has 32 heavy (non-hydrogen) atoms. The topological polar surface area (TPSA) is 42.9 Å². The Morgan fingerprint density at radius 1 is 1.12 bits per heavy atom. The number of hydrogen-bond acceptors (Lipinski definition) is 3. The van der Waals surface area contributed by atoms with Crippen LogP contribution in [0.1, 0.15) is 43.2 Å². The maximum atomic E-state index is 13.3. The van der Waals surface area contributed by atoms with Gasteiger partial charge in [0.1, 0.15) is 0 Å². The first-order chi connectivity index (χ1) is 14.7. The average molecular weight is 567 g/mol. The second-order valence-electron chi connectivity index (χ2n) is 9.12. The van der Waals surface area contributed by atoms with E-state index in [2.05, 4.69) is 39.5 Å². The van der Waals surface area contributed by atoms with Gasteiger partial charge in [0.2, 0.25) is 0 Å². The first-order valence-corrected chi connectivity index (χ1v) is 11.2. The fourth-order valence-electron chi connectivity index (χ4n) is 4.83. The number of nitrogens with one attached hydrogen (secondary N) is 2. The van der Waals surface area contributed by atoms with E-state index in [1.54, 1.807) is 7.05 Å². The normalized spacial score (nSPS) is 22.8. The van der Waals surface area contributed by atoms with Gasteiger partial charge in [-0.25, -0.2) is 0 Å². The predicted octanol–water partition coefficient (Wildman–Crippen LogP) is 3.94. The maximum Gasteiger partial charge on any atom is 0.416 e. The molecule has 1 unspecified atom stereocenters. The molecule has 0 bridgehead atoms. The summed E-state index contributed by atoms with van der Waals surface area (Å²) >= 11 is 0. The van der Waals surface area contributed by atoms with Crippen molar-refractivity contribution in [3.05, 3.63) is 35.4 Å². The van der Waals surface area contributed by atoms with Gasteiger partial charge in [0.15, 0.2) is 5.96 Å². The summed E-state index contributed by atoms with van der Waals surface area (Å²) in [6, 6.07) is 6.29. The Balaban J connectivity index is 0.00000363. The number of alkyl halides is 3.